The average molecular weight is 370 g/mol. The van der Waals surface area contributed by atoms with Gasteiger partial charge in [-0.25, -0.2) is 4.79 Å². The fourth-order valence-electron chi connectivity index (χ4n) is 2.30. The number of quaternary nitrogens is 1. The highest BCUT2D eigenvalue weighted by molar-refractivity contribution is 5.82. The normalized spacial score (nSPS) is 13.2. The lowest BCUT2D eigenvalue weighted by Crippen LogP contribution is -2.43. The molecule has 0 heterocycles. The van der Waals surface area contributed by atoms with Gasteiger partial charge in [0.25, 0.3) is 0 Å². The Labute approximate surface area is 155 Å². The van der Waals surface area contributed by atoms with E-state index in [0.717, 1.165) is 19.3 Å². The molecular weight excluding hydrogens is 338 g/mol. The lowest BCUT2D eigenvalue weighted by molar-refractivity contribution is -0.873. The molecule has 7 heteroatoms. The van der Waals surface area contributed by atoms with E-state index in [4.69, 9.17) is 14.9 Å². The molecule has 0 saturated carbocycles. The first-order valence-corrected chi connectivity index (χ1v) is 8.86. The smallest absolute Gasteiger partial charge is 0.330 e. The standard InChI is InChI=1S/C19H31NO6/c1-20(2,3)15-16(14-18(23)24)26-19(25)13-11-9-7-5-4-6-8-10-12-17(21)22/h4-5,11,13,16H,6-10,12,14-15H2,1-3H3,(H-,21,22,23,24)/p+1/b5-4+,13-11+. The molecule has 0 radical (unpaired) electrons. The molecule has 0 spiro atoms. The molecule has 0 aromatic carbocycles. The van der Waals surface area contributed by atoms with Crippen molar-refractivity contribution in [3.63, 3.8) is 0 Å². The maximum Gasteiger partial charge on any atom is 0.330 e. The zero-order valence-corrected chi connectivity index (χ0v) is 16.0. The quantitative estimate of drug-likeness (QED) is 0.160. The van der Waals surface area contributed by atoms with Crippen LogP contribution in [-0.4, -0.2) is 66.4 Å². The van der Waals surface area contributed by atoms with Crippen LogP contribution in [0.3, 0.4) is 0 Å². The Hall–Kier alpha value is -2.15. The summed E-state index contributed by atoms with van der Waals surface area (Å²) in [6.45, 7) is 0.427. The van der Waals surface area contributed by atoms with Crippen LogP contribution in [0.5, 0.6) is 0 Å². The minimum absolute atomic E-state index is 0.204. The molecule has 1 atom stereocenters. The monoisotopic (exact) mass is 370 g/mol. The third-order valence-corrected chi connectivity index (χ3v) is 3.37. The molecule has 0 aliphatic rings. The average Bonchev–Trinajstić information content (AvgIpc) is 2.46. The maximum absolute atomic E-state index is 11.8. The molecular formula is C19H32NO6+. The van der Waals surface area contributed by atoms with Crippen LogP contribution in [0.2, 0.25) is 0 Å². The first-order valence-electron chi connectivity index (χ1n) is 8.86. The van der Waals surface area contributed by atoms with Gasteiger partial charge in [0, 0.05) is 12.5 Å². The highest BCUT2D eigenvalue weighted by Gasteiger charge is 2.23. The molecule has 0 aliphatic carbocycles. The van der Waals surface area contributed by atoms with Gasteiger partial charge in [-0.05, 0) is 32.1 Å². The minimum atomic E-state index is -0.992. The van der Waals surface area contributed by atoms with Gasteiger partial charge in [0.15, 0.2) is 6.10 Å². The highest BCUT2D eigenvalue weighted by Crippen LogP contribution is 2.06. The van der Waals surface area contributed by atoms with Gasteiger partial charge in [-0.1, -0.05) is 18.2 Å². The number of rotatable bonds is 14. The summed E-state index contributed by atoms with van der Waals surface area (Å²) < 4.78 is 5.75. The van der Waals surface area contributed by atoms with Crippen LogP contribution in [0.4, 0.5) is 0 Å². The molecule has 26 heavy (non-hydrogen) atoms. The number of nitrogens with zero attached hydrogens (tertiary/aromatic N) is 1. The van der Waals surface area contributed by atoms with Crippen molar-refractivity contribution in [2.24, 2.45) is 0 Å². The fraction of sp³-hybridized carbons (Fsp3) is 0.632. The number of hydrogen-bond donors (Lipinski definition) is 2. The number of allylic oxidation sites excluding steroid dienone is 3. The van der Waals surface area contributed by atoms with E-state index in [1.54, 1.807) is 6.08 Å². The summed E-state index contributed by atoms with van der Waals surface area (Å²) in [6.07, 6.45) is 10.2. The van der Waals surface area contributed by atoms with Gasteiger partial charge in [-0.3, -0.25) is 9.59 Å². The van der Waals surface area contributed by atoms with Crippen molar-refractivity contribution >= 4 is 17.9 Å². The number of aliphatic carboxylic acids is 2. The summed E-state index contributed by atoms with van der Waals surface area (Å²) in [7, 11) is 5.73. The molecule has 2 N–H and O–H groups in total. The van der Waals surface area contributed by atoms with Crippen molar-refractivity contribution in [1.29, 1.82) is 0 Å². The SMILES string of the molecule is C[N+](C)(C)CC(CC(=O)O)OC(=O)/C=C/CC/C=C/CCCCC(=O)O. The summed E-state index contributed by atoms with van der Waals surface area (Å²) >= 11 is 0. The van der Waals surface area contributed by atoms with Crippen molar-refractivity contribution in [2.45, 2.75) is 51.0 Å². The summed E-state index contributed by atoms with van der Waals surface area (Å²) in [5.41, 5.74) is 0. The van der Waals surface area contributed by atoms with Crippen LogP contribution < -0.4 is 0 Å². The van der Waals surface area contributed by atoms with Crippen LogP contribution in [0, 0.1) is 0 Å². The number of likely N-dealkylation sites (N-methyl/N-ethyl adjacent to an activating group) is 1. The van der Waals surface area contributed by atoms with Crippen molar-refractivity contribution in [2.75, 3.05) is 27.7 Å². The van der Waals surface area contributed by atoms with E-state index in [2.05, 4.69) is 0 Å². The second-order valence-corrected chi connectivity index (χ2v) is 7.22. The number of esters is 1. The second kappa shape index (κ2) is 13.1. The number of hydrogen-bond acceptors (Lipinski definition) is 4. The Bertz CT molecular complexity index is 505. The maximum atomic E-state index is 11.8. The third kappa shape index (κ3) is 16.7. The molecule has 7 nitrogen and oxygen atoms in total. The molecule has 0 saturated heterocycles. The molecule has 0 fully saturated rings. The lowest BCUT2D eigenvalue weighted by atomic mass is 10.1. The zero-order valence-electron chi connectivity index (χ0n) is 16.0. The topological polar surface area (TPSA) is 101 Å². The number of carboxylic acids is 2. The highest BCUT2D eigenvalue weighted by atomic mass is 16.5. The van der Waals surface area contributed by atoms with E-state index >= 15 is 0 Å². The van der Waals surface area contributed by atoms with E-state index in [1.165, 1.54) is 6.08 Å². The fourth-order valence-corrected chi connectivity index (χ4v) is 2.30. The van der Waals surface area contributed by atoms with Gasteiger partial charge in [0.2, 0.25) is 0 Å². The lowest BCUT2D eigenvalue weighted by Gasteiger charge is -2.28. The van der Waals surface area contributed by atoms with E-state index < -0.39 is 24.0 Å². The first-order chi connectivity index (χ1) is 12.1. The van der Waals surface area contributed by atoms with Crippen LogP contribution in [0.25, 0.3) is 0 Å². The molecule has 0 aromatic rings. The van der Waals surface area contributed by atoms with Crippen molar-refractivity contribution in [1.82, 2.24) is 0 Å². The summed E-state index contributed by atoms with van der Waals surface area (Å²) in [5, 5.41) is 17.4. The Morgan fingerprint density at radius 2 is 1.54 bits per heavy atom. The predicted octanol–water partition coefficient (Wildman–Crippen LogP) is 2.62. The molecule has 148 valence electrons. The summed E-state index contributed by atoms with van der Waals surface area (Å²) in [5.74, 6) is -2.28. The van der Waals surface area contributed by atoms with Gasteiger partial charge in [0.1, 0.15) is 6.54 Å². The van der Waals surface area contributed by atoms with Crippen LogP contribution in [-0.2, 0) is 19.1 Å². The molecule has 1 unspecified atom stereocenters. The van der Waals surface area contributed by atoms with Gasteiger partial charge in [0.05, 0.1) is 27.6 Å². The largest absolute Gasteiger partial charge is 0.481 e. The number of carboxylic acid groups (broad SMARTS) is 2. The zero-order chi connectivity index (χ0) is 20.0. The Morgan fingerprint density at radius 3 is 2.12 bits per heavy atom. The Morgan fingerprint density at radius 1 is 0.923 bits per heavy atom. The van der Waals surface area contributed by atoms with Crippen LogP contribution in [0.1, 0.15) is 44.9 Å². The van der Waals surface area contributed by atoms with E-state index in [-0.39, 0.29) is 12.8 Å². The number of unbranched alkanes of at least 4 members (excludes halogenated alkanes) is 3. The molecule has 0 aliphatic heterocycles. The van der Waals surface area contributed by atoms with Gasteiger partial charge in [-0.15, -0.1) is 0 Å². The third-order valence-electron chi connectivity index (χ3n) is 3.37. The molecule has 0 aromatic heterocycles. The summed E-state index contributed by atoms with van der Waals surface area (Å²) in [6, 6.07) is 0. The number of carbonyl (C=O) groups is 3. The van der Waals surface area contributed by atoms with E-state index in [0.29, 0.717) is 23.9 Å². The van der Waals surface area contributed by atoms with Gasteiger partial charge < -0.3 is 19.4 Å². The van der Waals surface area contributed by atoms with Gasteiger partial charge >= 0.3 is 17.9 Å². The van der Waals surface area contributed by atoms with Crippen LogP contribution in [0.15, 0.2) is 24.3 Å². The second-order valence-electron chi connectivity index (χ2n) is 7.22. The molecule has 0 amide bonds. The Balaban J connectivity index is 4.05. The molecule has 0 bridgehead atoms. The predicted molar refractivity (Wildman–Crippen MR) is 98.7 cm³/mol. The van der Waals surface area contributed by atoms with Gasteiger partial charge in [-0.2, -0.15) is 0 Å². The minimum Gasteiger partial charge on any atom is -0.481 e. The van der Waals surface area contributed by atoms with Crippen LogP contribution >= 0.6 is 0 Å². The number of carbonyl (C=O) groups excluding carboxylic acids is 1. The summed E-state index contributed by atoms with van der Waals surface area (Å²) in [4.78, 5) is 33.0. The van der Waals surface area contributed by atoms with E-state index in [1.807, 2.05) is 33.3 Å². The Kier molecular flexibility index (Phi) is 12.0. The van der Waals surface area contributed by atoms with Crippen molar-refractivity contribution in [3.8, 4) is 0 Å². The molecule has 0 rings (SSSR count). The van der Waals surface area contributed by atoms with E-state index in [9.17, 15) is 14.4 Å². The van der Waals surface area contributed by atoms with Crippen molar-refractivity contribution < 1.29 is 33.8 Å². The first kappa shape index (κ1) is 23.9. The number of ether oxygens (including phenoxy) is 1. The van der Waals surface area contributed by atoms with Crippen molar-refractivity contribution in [3.05, 3.63) is 24.3 Å².